The Kier molecular flexibility index (Phi) is 7.27. The van der Waals surface area contributed by atoms with Crippen molar-refractivity contribution >= 4 is 6.16 Å². The highest BCUT2D eigenvalue weighted by Crippen LogP contribution is 2.03. The van der Waals surface area contributed by atoms with E-state index in [1.807, 2.05) is 19.5 Å². The van der Waals surface area contributed by atoms with Gasteiger partial charge in [0.25, 0.3) is 0 Å². The number of carbonyl (C=O) groups is 1. The van der Waals surface area contributed by atoms with E-state index in [1.54, 1.807) is 0 Å². The first-order valence-corrected chi connectivity index (χ1v) is 4.22. The van der Waals surface area contributed by atoms with Gasteiger partial charge < -0.3 is 9.68 Å². The SMILES string of the molecule is CCCC(CC)ONOC(=O)ON. The maximum Gasteiger partial charge on any atom is 0.549 e. The van der Waals surface area contributed by atoms with E-state index >= 15 is 0 Å². The molecule has 6 nitrogen and oxygen atoms in total. The van der Waals surface area contributed by atoms with Crippen LogP contribution in [0.3, 0.4) is 0 Å². The topological polar surface area (TPSA) is 82.8 Å². The summed E-state index contributed by atoms with van der Waals surface area (Å²) in [4.78, 5) is 23.2. The van der Waals surface area contributed by atoms with E-state index in [0.29, 0.717) is 0 Å². The first kappa shape index (κ1) is 12.2. The largest absolute Gasteiger partial charge is 0.549 e. The molecule has 78 valence electrons. The van der Waals surface area contributed by atoms with Gasteiger partial charge in [-0.2, -0.15) is 10.7 Å². The highest BCUT2D eigenvalue weighted by molar-refractivity contribution is 5.58. The summed E-state index contributed by atoms with van der Waals surface area (Å²) in [5.41, 5.74) is 2.02. The summed E-state index contributed by atoms with van der Waals surface area (Å²) in [6.45, 7) is 4.02. The zero-order valence-corrected chi connectivity index (χ0v) is 7.91. The summed E-state index contributed by atoms with van der Waals surface area (Å²) in [5, 5.41) is 0. The van der Waals surface area contributed by atoms with Crippen molar-refractivity contribution in [2.45, 2.75) is 39.2 Å². The lowest BCUT2D eigenvalue weighted by Crippen LogP contribution is -2.27. The van der Waals surface area contributed by atoms with E-state index < -0.39 is 6.16 Å². The number of hydrogen-bond acceptors (Lipinski definition) is 6. The van der Waals surface area contributed by atoms with E-state index in [-0.39, 0.29) is 6.10 Å². The standard InChI is InChI=1S/C7H16N2O4/c1-3-5-6(4-2)12-9-13-7(10)11-8/h6,9H,3-5,8H2,1-2H3. The fourth-order valence-electron chi connectivity index (χ4n) is 0.819. The zero-order valence-electron chi connectivity index (χ0n) is 7.91. The molecule has 0 rings (SSSR count). The van der Waals surface area contributed by atoms with Crippen LogP contribution >= 0.6 is 0 Å². The van der Waals surface area contributed by atoms with Crippen LogP contribution in [0, 0.1) is 0 Å². The first-order valence-electron chi connectivity index (χ1n) is 4.22. The van der Waals surface area contributed by atoms with E-state index in [0.717, 1.165) is 19.3 Å². The summed E-state index contributed by atoms with van der Waals surface area (Å²) >= 11 is 0. The predicted molar refractivity (Wildman–Crippen MR) is 45.0 cm³/mol. The summed E-state index contributed by atoms with van der Waals surface area (Å²) in [6, 6.07) is 0. The second kappa shape index (κ2) is 7.78. The monoisotopic (exact) mass is 192 g/mol. The lowest BCUT2D eigenvalue weighted by atomic mass is 10.2. The number of nitrogens with one attached hydrogen (secondary N) is 1. The molecule has 0 aromatic carbocycles. The van der Waals surface area contributed by atoms with Crippen molar-refractivity contribution < 1.29 is 19.3 Å². The minimum Gasteiger partial charge on any atom is -0.340 e. The molecular formula is C7H16N2O4. The Morgan fingerprint density at radius 1 is 1.54 bits per heavy atom. The predicted octanol–water partition coefficient (Wildman–Crippen LogP) is 1.03. The van der Waals surface area contributed by atoms with Crippen molar-refractivity contribution in [3.63, 3.8) is 0 Å². The van der Waals surface area contributed by atoms with Gasteiger partial charge in [0, 0.05) is 0 Å². The van der Waals surface area contributed by atoms with Crippen LogP contribution in [0.2, 0.25) is 0 Å². The van der Waals surface area contributed by atoms with E-state index in [4.69, 9.17) is 4.84 Å². The van der Waals surface area contributed by atoms with Crippen molar-refractivity contribution in [2.75, 3.05) is 0 Å². The molecule has 0 aliphatic carbocycles. The lowest BCUT2D eigenvalue weighted by Gasteiger charge is -2.13. The Hall–Kier alpha value is -0.850. The molecule has 0 radical (unpaired) electrons. The quantitative estimate of drug-likeness (QED) is 0.611. The number of nitrogens with two attached hydrogens (primary N) is 1. The Balaban J connectivity index is 3.42. The van der Waals surface area contributed by atoms with Crippen molar-refractivity contribution in [3.8, 4) is 0 Å². The molecule has 0 heterocycles. The van der Waals surface area contributed by atoms with Crippen LogP contribution in [0.4, 0.5) is 4.79 Å². The molecule has 1 atom stereocenters. The maximum absolute atomic E-state index is 10.3. The minimum atomic E-state index is -1.04. The summed E-state index contributed by atoms with van der Waals surface area (Å²) in [5.74, 6) is 4.51. The smallest absolute Gasteiger partial charge is 0.340 e. The zero-order chi connectivity index (χ0) is 10.1. The highest BCUT2D eigenvalue weighted by Gasteiger charge is 2.07. The van der Waals surface area contributed by atoms with Gasteiger partial charge in [0.05, 0.1) is 6.10 Å². The molecular weight excluding hydrogens is 176 g/mol. The van der Waals surface area contributed by atoms with Gasteiger partial charge in [0.1, 0.15) is 0 Å². The van der Waals surface area contributed by atoms with E-state index in [2.05, 4.69) is 15.6 Å². The molecule has 0 amide bonds. The normalized spacial score (nSPS) is 12.2. The maximum atomic E-state index is 10.3. The Morgan fingerprint density at radius 3 is 2.69 bits per heavy atom. The summed E-state index contributed by atoms with van der Waals surface area (Å²) in [6.07, 6.45) is 1.72. The Morgan fingerprint density at radius 2 is 2.23 bits per heavy atom. The summed E-state index contributed by atoms with van der Waals surface area (Å²) in [7, 11) is 0. The average Bonchev–Trinajstić information content (AvgIpc) is 2.16. The van der Waals surface area contributed by atoms with Gasteiger partial charge in [0.2, 0.25) is 0 Å². The van der Waals surface area contributed by atoms with Crippen LogP contribution in [0.1, 0.15) is 33.1 Å². The van der Waals surface area contributed by atoms with E-state index in [1.165, 1.54) is 0 Å². The van der Waals surface area contributed by atoms with Crippen LogP contribution in [-0.4, -0.2) is 12.3 Å². The van der Waals surface area contributed by atoms with Crippen LogP contribution in [-0.2, 0) is 14.5 Å². The third kappa shape index (κ3) is 6.32. The third-order valence-corrected chi connectivity index (χ3v) is 1.50. The van der Waals surface area contributed by atoms with Gasteiger partial charge in [-0.05, 0) is 18.5 Å². The van der Waals surface area contributed by atoms with Crippen LogP contribution in [0.15, 0.2) is 0 Å². The van der Waals surface area contributed by atoms with Crippen molar-refractivity contribution in [3.05, 3.63) is 0 Å². The Bertz CT molecular complexity index is 142. The van der Waals surface area contributed by atoms with Crippen LogP contribution in [0.25, 0.3) is 0 Å². The van der Waals surface area contributed by atoms with Gasteiger partial charge in [-0.25, -0.2) is 0 Å². The molecule has 13 heavy (non-hydrogen) atoms. The minimum absolute atomic E-state index is 0.0237. The molecule has 0 aliphatic rings. The van der Waals surface area contributed by atoms with Crippen molar-refractivity contribution in [1.29, 1.82) is 0 Å². The van der Waals surface area contributed by atoms with Crippen molar-refractivity contribution in [1.82, 2.24) is 5.64 Å². The molecule has 0 fully saturated rings. The second-order valence-electron chi connectivity index (χ2n) is 2.49. The molecule has 0 saturated carbocycles. The lowest BCUT2D eigenvalue weighted by molar-refractivity contribution is -0.178. The molecule has 0 aromatic heterocycles. The summed E-state index contributed by atoms with van der Waals surface area (Å²) < 4.78 is 0. The van der Waals surface area contributed by atoms with Gasteiger partial charge in [0.15, 0.2) is 0 Å². The molecule has 6 heteroatoms. The number of rotatable bonds is 6. The van der Waals surface area contributed by atoms with Crippen molar-refractivity contribution in [2.24, 2.45) is 5.90 Å². The molecule has 0 saturated heterocycles. The van der Waals surface area contributed by atoms with Gasteiger partial charge >= 0.3 is 6.16 Å². The average molecular weight is 192 g/mol. The highest BCUT2D eigenvalue weighted by atomic mass is 17.0. The molecule has 1 unspecified atom stereocenters. The molecule has 0 spiro atoms. The van der Waals surface area contributed by atoms with E-state index in [9.17, 15) is 4.79 Å². The first-order chi connectivity index (χ1) is 6.24. The number of carbonyl (C=O) groups excluding carboxylic acids is 1. The Labute approximate surface area is 77.2 Å². The van der Waals surface area contributed by atoms with Crippen LogP contribution in [0.5, 0.6) is 0 Å². The van der Waals surface area contributed by atoms with Gasteiger partial charge in [-0.15, -0.1) is 0 Å². The van der Waals surface area contributed by atoms with Gasteiger partial charge in [-0.1, -0.05) is 20.3 Å². The third-order valence-electron chi connectivity index (χ3n) is 1.50. The fraction of sp³-hybridized carbons (Fsp3) is 0.857. The number of hydrogen-bond donors (Lipinski definition) is 2. The molecule has 0 bridgehead atoms. The second-order valence-corrected chi connectivity index (χ2v) is 2.49. The van der Waals surface area contributed by atoms with Gasteiger partial charge in [-0.3, -0.25) is 4.84 Å². The van der Waals surface area contributed by atoms with Crippen LogP contribution < -0.4 is 11.5 Å². The molecule has 0 aromatic rings. The molecule has 3 N–H and O–H groups in total. The molecule has 0 aliphatic heterocycles. The fourth-order valence-corrected chi connectivity index (χ4v) is 0.819.